The van der Waals surface area contributed by atoms with Crippen molar-refractivity contribution in [3.63, 3.8) is 0 Å². The number of hydrogen-bond acceptors (Lipinski definition) is 5. The molecule has 9 nitrogen and oxygen atoms in total. The van der Waals surface area contributed by atoms with Crippen molar-refractivity contribution in [3.8, 4) is 11.1 Å². The van der Waals surface area contributed by atoms with Crippen molar-refractivity contribution in [1.29, 1.82) is 0 Å². The molecule has 2 amide bonds. The average Bonchev–Trinajstić information content (AvgIpc) is 3.78. The van der Waals surface area contributed by atoms with E-state index in [1.807, 2.05) is 11.0 Å². The van der Waals surface area contributed by atoms with Crippen molar-refractivity contribution in [2.24, 2.45) is 12.5 Å². The third kappa shape index (κ3) is 4.06. The number of rotatable bonds is 4. The number of nitrogens with one attached hydrogen (secondary N) is 1. The zero-order valence-electron chi connectivity index (χ0n) is 24.2. The van der Waals surface area contributed by atoms with Gasteiger partial charge in [-0.3, -0.25) is 9.36 Å². The number of fused-ring (bicyclic) bond motifs is 2. The highest BCUT2D eigenvalue weighted by Crippen LogP contribution is 2.69. The fourth-order valence-electron chi connectivity index (χ4n) is 7.94. The molecule has 3 aliphatic heterocycles. The zero-order valence-corrected chi connectivity index (χ0v) is 24.2. The molecule has 5 aliphatic rings. The molecule has 2 saturated carbocycles. The molecule has 8 rings (SSSR count). The van der Waals surface area contributed by atoms with E-state index in [1.165, 1.54) is 5.69 Å². The Kier molecular flexibility index (Phi) is 5.77. The Balaban J connectivity index is 1.22. The first-order valence-electron chi connectivity index (χ1n) is 15.2. The monoisotopic (exact) mass is 577 g/mol. The maximum Gasteiger partial charge on any atom is 0.317 e. The van der Waals surface area contributed by atoms with Crippen LogP contribution in [-0.4, -0.2) is 62.8 Å². The first-order chi connectivity index (χ1) is 20.3. The van der Waals surface area contributed by atoms with Gasteiger partial charge in [0.2, 0.25) is 0 Å². The Morgan fingerprint density at radius 3 is 2.79 bits per heavy atom. The van der Waals surface area contributed by atoms with Gasteiger partial charge in [0.1, 0.15) is 0 Å². The van der Waals surface area contributed by atoms with Crippen LogP contribution in [0.5, 0.6) is 0 Å². The van der Waals surface area contributed by atoms with Crippen LogP contribution >= 0.6 is 0 Å². The van der Waals surface area contributed by atoms with E-state index in [4.69, 9.17) is 9.84 Å². The lowest BCUT2D eigenvalue weighted by Crippen LogP contribution is -2.41. The molecule has 2 unspecified atom stereocenters. The first-order valence-corrected chi connectivity index (χ1v) is 15.2. The number of anilines is 2. The average molecular weight is 578 g/mol. The summed E-state index contributed by atoms with van der Waals surface area (Å²) in [7, 11) is 3.45. The van der Waals surface area contributed by atoms with E-state index in [1.54, 1.807) is 37.2 Å². The van der Waals surface area contributed by atoms with Gasteiger partial charge in [-0.1, -0.05) is 0 Å². The number of carbonyl (C=O) groups is 1. The number of halogens is 2. The number of alkyl halides is 2. The van der Waals surface area contributed by atoms with Gasteiger partial charge in [-0.15, -0.1) is 0 Å². The molecule has 2 aromatic heterocycles. The van der Waals surface area contributed by atoms with Crippen LogP contribution in [0.2, 0.25) is 0 Å². The molecule has 5 heterocycles. The number of aromatic nitrogens is 4. The Hall–Kier alpha value is -3.47. The van der Waals surface area contributed by atoms with Crippen LogP contribution in [0, 0.1) is 5.41 Å². The molecule has 2 spiro atoms. The molecule has 2 aliphatic carbocycles. The van der Waals surface area contributed by atoms with Crippen LogP contribution in [0.25, 0.3) is 11.1 Å². The number of aryl methyl sites for hydroxylation is 2. The number of benzene rings is 1. The van der Waals surface area contributed by atoms with Crippen LogP contribution in [0.15, 0.2) is 24.5 Å². The second kappa shape index (κ2) is 9.26. The van der Waals surface area contributed by atoms with E-state index >= 15 is 0 Å². The number of amides is 2. The van der Waals surface area contributed by atoms with Crippen LogP contribution in [0.3, 0.4) is 0 Å². The summed E-state index contributed by atoms with van der Waals surface area (Å²) in [4.78, 5) is 16.7. The fourth-order valence-corrected chi connectivity index (χ4v) is 7.94. The molecule has 3 fully saturated rings. The van der Waals surface area contributed by atoms with Gasteiger partial charge in [-0.2, -0.15) is 10.2 Å². The topological polar surface area (TPSA) is 80.5 Å². The molecule has 3 aromatic rings. The van der Waals surface area contributed by atoms with E-state index in [2.05, 4.69) is 20.0 Å². The third-order valence-corrected chi connectivity index (χ3v) is 10.4. The maximum absolute atomic E-state index is 14.5. The predicted molar refractivity (Wildman–Crippen MR) is 153 cm³/mol. The summed E-state index contributed by atoms with van der Waals surface area (Å²) in [6.45, 7) is 2.59. The zero-order chi connectivity index (χ0) is 28.8. The lowest BCUT2D eigenvalue weighted by atomic mass is 9.90. The maximum atomic E-state index is 14.5. The Morgan fingerprint density at radius 1 is 1.19 bits per heavy atom. The summed E-state index contributed by atoms with van der Waals surface area (Å²) in [5, 5.41) is 12.3. The van der Waals surface area contributed by atoms with Crippen LogP contribution < -0.4 is 10.2 Å². The van der Waals surface area contributed by atoms with Gasteiger partial charge in [0.15, 0.2) is 5.82 Å². The van der Waals surface area contributed by atoms with Gasteiger partial charge in [-0.25, -0.2) is 13.6 Å². The van der Waals surface area contributed by atoms with E-state index in [0.717, 1.165) is 80.6 Å². The van der Waals surface area contributed by atoms with Crippen LogP contribution in [0.1, 0.15) is 73.4 Å². The normalized spacial score (nSPS) is 25.6. The van der Waals surface area contributed by atoms with Gasteiger partial charge < -0.3 is 19.9 Å². The van der Waals surface area contributed by atoms with E-state index < -0.39 is 6.43 Å². The highest BCUT2D eigenvalue weighted by molar-refractivity contribution is 5.78. The molecule has 1 saturated heterocycles. The minimum Gasteiger partial charge on any atom is -0.375 e. The minimum atomic E-state index is -2.63. The molecular formula is C31H37F2N7O2. The molecule has 0 bridgehead atoms. The lowest BCUT2D eigenvalue weighted by molar-refractivity contribution is -0.0392. The van der Waals surface area contributed by atoms with Crippen molar-refractivity contribution in [2.75, 3.05) is 31.6 Å². The number of nitrogens with zero attached hydrogens (tertiary/aromatic N) is 6. The Bertz CT molecular complexity index is 1580. The first kappa shape index (κ1) is 26.2. The second-order valence-corrected chi connectivity index (χ2v) is 13.0. The third-order valence-electron chi connectivity index (χ3n) is 10.4. The van der Waals surface area contributed by atoms with Crippen molar-refractivity contribution < 1.29 is 18.3 Å². The van der Waals surface area contributed by atoms with Crippen molar-refractivity contribution in [1.82, 2.24) is 29.8 Å². The van der Waals surface area contributed by atoms with Crippen molar-refractivity contribution >= 4 is 17.5 Å². The molecule has 0 radical (unpaired) electrons. The van der Waals surface area contributed by atoms with E-state index in [-0.39, 0.29) is 22.6 Å². The Labute approximate surface area is 243 Å². The van der Waals surface area contributed by atoms with Gasteiger partial charge in [0, 0.05) is 74.5 Å². The van der Waals surface area contributed by atoms with Crippen molar-refractivity contribution in [2.45, 2.75) is 76.0 Å². The molecule has 222 valence electrons. The fraction of sp³-hybridized carbons (Fsp3) is 0.581. The summed E-state index contributed by atoms with van der Waals surface area (Å²) in [6, 6.07) is 3.80. The number of urea groups is 1. The number of ether oxygens (including phenoxy) is 1. The molecule has 11 heteroatoms. The molecule has 1 N–H and O–H groups in total. The minimum absolute atomic E-state index is 0.00650. The summed E-state index contributed by atoms with van der Waals surface area (Å²) in [6.07, 6.45) is 8.80. The van der Waals surface area contributed by atoms with Gasteiger partial charge in [0.25, 0.3) is 6.43 Å². The van der Waals surface area contributed by atoms with Crippen LogP contribution in [-0.2, 0) is 31.2 Å². The quantitative estimate of drug-likeness (QED) is 0.457. The smallest absolute Gasteiger partial charge is 0.317 e. The second-order valence-electron chi connectivity index (χ2n) is 13.0. The molecule has 1 aromatic carbocycles. The highest BCUT2D eigenvalue weighted by Gasteiger charge is 2.64. The standard InChI is InChI=1S/C31H37F2N7O2/c1-34-29(41)38-10-5-24-23(17-38)28(36-40(24)26-14-30(26)8-11-42-31(18-30)6-7-31)39-9-3-4-19-12-21(20-15-35-37(2)16-20)22(27(32)33)13-25(19)39/h12-13,15-16,26-27H,3-11,14,17-18H2,1-2H3,(H,34,41). The van der Waals surface area contributed by atoms with Gasteiger partial charge in [-0.05, 0) is 73.6 Å². The summed E-state index contributed by atoms with van der Waals surface area (Å²) in [5.41, 5.74) is 5.61. The largest absolute Gasteiger partial charge is 0.375 e. The van der Waals surface area contributed by atoms with Gasteiger partial charge in [0.05, 0.1) is 24.4 Å². The van der Waals surface area contributed by atoms with Crippen molar-refractivity contribution in [3.05, 3.63) is 46.9 Å². The van der Waals surface area contributed by atoms with Gasteiger partial charge >= 0.3 is 6.03 Å². The number of carbonyl (C=O) groups excluding carboxylic acids is 1. The molecular weight excluding hydrogens is 540 g/mol. The molecule has 2 atom stereocenters. The van der Waals surface area contributed by atoms with E-state index in [9.17, 15) is 13.6 Å². The lowest BCUT2D eigenvalue weighted by Gasteiger charge is -2.33. The summed E-state index contributed by atoms with van der Waals surface area (Å²) >= 11 is 0. The highest BCUT2D eigenvalue weighted by atomic mass is 19.3. The molecule has 42 heavy (non-hydrogen) atoms. The van der Waals surface area contributed by atoms with Crippen LogP contribution in [0.4, 0.5) is 25.1 Å². The SMILES string of the molecule is CNC(=O)N1CCc2c(c(N3CCCc4cc(-c5cnn(C)c5)c(C(F)F)cc43)nn2C2CC23CCOC2(CC2)C3)C1. The summed E-state index contributed by atoms with van der Waals surface area (Å²) in [5.74, 6) is 0.809. The van der Waals surface area contributed by atoms with E-state index in [0.29, 0.717) is 36.8 Å². The Morgan fingerprint density at radius 2 is 2.05 bits per heavy atom. The summed E-state index contributed by atoms with van der Waals surface area (Å²) < 4.78 is 39.1. The predicted octanol–water partition coefficient (Wildman–Crippen LogP) is 5.28. The number of hydrogen-bond donors (Lipinski definition) is 1.